The van der Waals surface area contributed by atoms with Crippen LogP contribution in [0.25, 0.3) is 0 Å². The highest BCUT2D eigenvalue weighted by Gasteiger charge is 2.01. The van der Waals surface area contributed by atoms with Crippen molar-refractivity contribution in [1.29, 1.82) is 5.26 Å². The zero-order valence-electron chi connectivity index (χ0n) is 8.99. The summed E-state index contributed by atoms with van der Waals surface area (Å²) in [5.41, 5.74) is 2.43. The van der Waals surface area contributed by atoms with Crippen molar-refractivity contribution in [1.82, 2.24) is 0 Å². The van der Waals surface area contributed by atoms with Gasteiger partial charge in [0.2, 0.25) is 0 Å². The highest BCUT2D eigenvalue weighted by molar-refractivity contribution is 5.47. The standard InChI is InChI=1S/C12H16N2/c1-10(2)11-4-6-12(7-5-11)14(3)9-8-13/h4-7,10H,9H2,1-3H3. The molecule has 0 radical (unpaired) electrons. The number of anilines is 1. The minimum Gasteiger partial charge on any atom is -0.361 e. The molecule has 74 valence electrons. The molecule has 14 heavy (non-hydrogen) atoms. The van der Waals surface area contributed by atoms with E-state index in [-0.39, 0.29) is 0 Å². The summed E-state index contributed by atoms with van der Waals surface area (Å²) >= 11 is 0. The van der Waals surface area contributed by atoms with Crippen molar-refractivity contribution in [2.24, 2.45) is 0 Å². The van der Waals surface area contributed by atoms with E-state index in [1.165, 1.54) is 5.56 Å². The molecule has 0 aliphatic heterocycles. The van der Waals surface area contributed by atoms with Crippen LogP contribution in [0, 0.1) is 11.3 Å². The molecule has 0 saturated carbocycles. The highest BCUT2D eigenvalue weighted by atomic mass is 15.1. The van der Waals surface area contributed by atoms with Gasteiger partial charge in [-0.3, -0.25) is 0 Å². The van der Waals surface area contributed by atoms with Gasteiger partial charge in [0, 0.05) is 12.7 Å². The maximum Gasteiger partial charge on any atom is 0.105 e. The van der Waals surface area contributed by atoms with Gasteiger partial charge in [0.15, 0.2) is 0 Å². The third-order valence-corrected chi connectivity index (χ3v) is 2.31. The Balaban J connectivity index is 2.78. The lowest BCUT2D eigenvalue weighted by Crippen LogP contribution is -2.16. The molecule has 2 heteroatoms. The predicted molar refractivity (Wildman–Crippen MR) is 59.4 cm³/mol. The van der Waals surface area contributed by atoms with Gasteiger partial charge in [0.05, 0.1) is 6.07 Å². The quantitative estimate of drug-likeness (QED) is 0.682. The molecule has 1 rings (SSSR count). The van der Waals surface area contributed by atoms with E-state index in [0.29, 0.717) is 12.5 Å². The Kier molecular flexibility index (Phi) is 3.53. The molecule has 0 fully saturated rings. The van der Waals surface area contributed by atoms with E-state index in [2.05, 4.69) is 44.2 Å². The Hall–Kier alpha value is -1.49. The van der Waals surface area contributed by atoms with Gasteiger partial charge in [-0.15, -0.1) is 0 Å². The molecule has 2 nitrogen and oxygen atoms in total. The summed E-state index contributed by atoms with van der Waals surface area (Å²) in [6, 6.07) is 10.5. The van der Waals surface area contributed by atoms with Gasteiger partial charge < -0.3 is 4.90 Å². The third kappa shape index (κ3) is 2.50. The fourth-order valence-electron chi connectivity index (χ4n) is 1.31. The number of nitriles is 1. The number of nitrogens with zero attached hydrogens (tertiary/aromatic N) is 2. The predicted octanol–water partition coefficient (Wildman–Crippen LogP) is 2.77. The van der Waals surface area contributed by atoms with Gasteiger partial charge in [-0.25, -0.2) is 0 Å². The van der Waals surface area contributed by atoms with Gasteiger partial charge in [0.1, 0.15) is 6.54 Å². The van der Waals surface area contributed by atoms with Crippen LogP contribution in [0.2, 0.25) is 0 Å². The summed E-state index contributed by atoms with van der Waals surface area (Å²) in [4.78, 5) is 1.93. The first-order valence-electron chi connectivity index (χ1n) is 4.83. The lowest BCUT2D eigenvalue weighted by atomic mass is 10.0. The minimum atomic E-state index is 0.432. The van der Waals surface area contributed by atoms with Crippen LogP contribution < -0.4 is 4.90 Å². The number of benzene rings is 1. The van der Waals surface area contributed by atoms with Crippen LogP contribution >= 0.6 is 0 Å². The van der Waals surface area contributed by atoms with Crippen molar-refractivity contribution >= 4 is 5.69 Å². The minimum absolute atomic E-state index is 0.432. The zero-order chi connectivity index (χ0) is 10.6. The largest absolute Gasteiger partial charge is 0.361 e. The molecule has 0 aromatic heterocycles. The van der Waals surface area contributed by atoms with E-state index in [9.17, 15) is 0 Å². The molecular weight excluding hydrogens is 172 g/mol. The first-order chi connectivity index (χ1) is 6.65. The van der Waals surface area contributed by atoms with Crippen LogP contribution in [0.15, 0.2) is 24.3 Å². The summed E-state index contributed by atoms with van der Waals surface area (Å²) in [6.45, 7) is 4.78. The summed E-state index contributed by atoms with van der Waals surface area (Å²) < 4.78 is 0. The van der Waals surface area contributed by atoms with Crippen LogP contribution in [0.3, 0.4) is 0 Å². The molecule has 0 amide bonds. The molecule has 0 aliphatic carbocycles. The maximum atomic E-state index is 8.55. The molecule has 1 aromatic carbocycles. The van der Waals surface area contributed by atoms with Crippen LogP contribution in [0.4, 0.5) is 5.69 Å². The fourth-order valence-corrected chi connectivity index (χ4v) is 1.31. The van der Waals surface area contributed by atoms with E-state index in [0.717, 1.165) is 5.69 Å². The topological polar surface area (TPSA) is 27.0 Å². The van der Waals surface area contributed by atoms with E-state index in [1.54, 1.807) is 0 Å². The zero-order valence-corrected chi connectivity index (χ0v) is 8.99. The first-order valence-corrected chi connectivity index (χ1v) is 4.83. The summed E-state index contributed by atoms with van der Waals surface area (Å²) in [7, 11) is 1.92. The Labute approximate surface area is 85.8 Å². The van der Waals surface area contributed by atoms with Crippen molar-refractivity contribution in [2.45, 2.75) is 19.8 Å². The van der Waals surface area contributed by atoms with Gasteiger partial charge in [-0.05, 0) is 23.6 Å². The normalized spacial score (nSPS) is 9.93. The van der Waals surface area contributed by atoms with Crippen molar-refractivity contribution in [3.05, 3.63) is 29.8 Å². The average Bonchev–Trinajstić information content (AvgIpc) is 2.18. The monoisotopic (exact) mass is 188 g/mol. The Morgan fingerprint density at radius 2 is 1.86 bits per heavy atom. The molecule has 0 unspecified atom stereocenters. The summed E-state index contributed by atoms with van der Waals surface area (Å²) in [5.74, 6) is 0.560. The molecule has 0 atom stereocenters. The third-order valence-electron chi connectivity index (χ3n) is 2.31. The second kappa shape index (κ2) is 4.66. The molecule has 0 bridgehead atoms. The molecule has 0 aliphatic rings. The smallest absolute Gasteiger partial charge is 0.105 e. The van der Waals surface area contributed by atoms with Crippen molar-refractivity contribution in [2.75, 3.05) is 18.5 Å². The van der Waals surface area contributed by atoms with Crippen molar-refractivity contribution in [3.8, 4) is 6.07 Å². The van der Waals surface area contributed by atoms with E-state index in [4.69, 9.17) is 5.26 Å². The van der Waals surface area contributed by atoms with Crippen LogP contribution in [-0.2, 0) is 0 Å². The van der Waals surface area contributed by atoms with Crippen molar-refractivity contribution < 1.29 is 0 Å². The summed E-state index contributed by atoms with van der Waals surface area (Å²) in [6.07, 6.45) is 0. The lowest BCUT2D eigenvalue weighted by Gasteiger charge is -2.16. The highest BCUT2D eigenvalue weighted by Crippen LogP contribution is 2.18. The van der Waals surface area contributed by atoms with Crippen LogP contribution in [0.5, 0.6) is 0 Å². The van der Waals surface area contributed by atoms with Gasteiger partial charge >= 0.3 is 0 Å². The Bertz CT molecular complexity index is 319. The second-order valence-electron chi connectivity index (χ2n) is 3.76. The molecule has 0 saturated heterocycles. The summed E-state index contributed by atoms with van der Waals surface area (Å²) in [5, 5.41) is 8.55. The Morgan fingerprint density at radius 1 is 1.29 bits per heavy atom. The first kappa shape index (κ1) is 10.6. The molecule has 1 aromatic rings. The van der Waals surface area contributed by atoms with Crippen molar-refractivity contribution in [3.63, 3.8) is 0 Å². The second-order valence-corrected chi connectivity index (χ2v) is 3.76. The molecule has 0 heterocycles. The SMILES string of the molecule is CC(C)c1ccc(N(C)CC#N)cc1. The number of hydrogen-bond donors (Lipinski definition) is 0. The average molecular weight is 188 g/mol. The number of rotatable bonds is 3. The Morgan fingerprint density at radius 3 is 2.29 bits per heavy atom. The van der Waals surface area contributed by atoms with E-state index in [1.807, 2.05) is 11.9 Å². The lowest BCUT2D eigenvalue weighted by molar-refractivity contribution is 0.865. The fraction of sp³-hybridized carbons (Fsp3) is 0.417. The van der Waals surface area contributed by atoms with E-state index < -0.39 is 0 Å². The van der Waals surface area contributed by atoms with Crippen LogP contribution in [-0.4, -0.2) is 13.6 Å². The molecule has 0 N–H and O–H groups in total. The van der Waals surface area contributed by atoms with E-state index >= 15 is 0 Å². The maximum absolute atomic E-state index is 8.55. The van der Waals surface area contributed by atoms with Gasteiger partial charge in [-0.2, -0.15) is 5.26 Å². The van der Waals surface area contributed by atoms with Crippen LogP contribution in [0.1, 0.15) is 25.3 Å². The number of hydrogen-bond acceptors (Lipinski definition) is 2. The van der Waals surface area contributed by atoms with Gasteiger partial charge in [0.25, 0.3) is 0 Å². The van der Waals surface area contributed by atoms with Gasteiger partial charge in [-0.1, -0.05) is 26.0 Å². The molecule has 0 spiro atoms. The molecular formula is C12H16N2.